The van der Waals surface area contributed by atoms with Crippen LogP contribution in [0, 0.1) is 5.92 Å². The van der Waals surface area contributed by atoms with Crippen LogP contribution in [0.1, 0.15) is 323 Å². The monoisotopic (exact) mass is 1480 g/mol. The summed E-state index contributed by atoms with van der Waals surface area (Å²) in [5, 5.41) is 110. The molecule has 0 spiro atoms. The number of hydrogen-bond donors (Lipinski definition) is 11. The second kappa shape index (κ2) is 57.8. The molecule has 11 N–H and O–H groups in total. The van der Waals surface area contributed by atoms with Crippen LogP contribution >= 0.6 is 7.82 Å². The molecule has 0 amide bonds. The van der Waals surface area contributed by atoms with E-state index in [9.17, 15) is 74.9 Å². The molecule has 2 aliphatic heterocycles. The highest BCUT2D eigenvalue weighted by Gasteiger charge is 2.58. The van der Waals surface area contributed by atoms with Gasteiger partial charge in [-0.3, -0.25) is 23.4 Å². The third-order valence-electron chi connectivity index (χ3n) is 20.2. The van der Waals surface area contributed by atoms with Crippen molar-refractivity contribution < 1.29 is 117 Å². The van der Waals surface area contributed by atoms with Gasteiger partial charge in [0.1, 0.15) is 98.7 Å². The topological polar surface area (TPSA) is 374 Å². The molecule has 3 rings (SSSR count). The highest BCUT2D eigenvalue weighted by Crippen LogP contribution is 2.49. The Hall–Kier alpha value is -2.30. The van der Waals surface area contributed by atoms with Crippen molar-refractivity contribution in [2.75, 3.05) is 26.4 Å². The largest absolute Gasteiger partial charge is 0.472 e. The summed E-state index contributed by atoms with van der Waals surface area (Å²) in [5.41, 5.74) is 0. The predicted molar refractivity (Wildman–Crippen MR) is 388 cm³/mol. The first-order valence-electron chi connectivity index (χ1n) is 40.4. The Bertz CT molecular complexity index is 2160. The number of aliphatic hydroxyl groups is 10. The summed E-state index contributed by atoms with van der Waals surface area (Å²) in [5.74, 6) is -1.28. The number of rotatable bonds is 63. The average molecular weight is 1480 g/mol. The molecule has 1 aliphatic carbocycles. The number of carbonyl (C=O) groups is 3. The molecule has 3 aliphatic rings. The summed E-state index contributed by atoms with van der Waals surface area (Å²) in [6, 6.07) is 0. The Morgan fingerprint density at radius 3 is 1.17 bits per heavy atom. The molecule has 0 bridgehead atoms. The molecule has 2 saturated heterocycles. The van der Waals surface area contributed by atoms with Crippen LogP contribution in [0.25, 0.3) is 0 Å². The first-order chi connectivity index (χ1) is 49.2. The summed E-state index contributed by atoms with van der Waals surface area (Å²) in [6.45, 7) is 5.80. The smallest absolute Gasteiger partial charge is 0.463 e. The number of allylic oxidation sites excluding steroid dienone is 2. The number of carbonyl (C=O) groups excluding carboxylic acids is 3. The first kappa shape index (κ1) is 93.9. The molecule has 600 valence electrons. The lowest BCUT2D eigenvalue weighted by molar-refractivity contribution is -0.360. The van der Waals surface area contributed by atoms with Crippen LogP contribution in [-0.4, -0.2) is 204 Å². The summed E-state index contributed by atoms with van der Waals surface area (Å²) in [4.78, 5) is 51.2. The number of phosphoric acid groups is 1. The molecular formula is C77H143O24P. The average Bonchev–Trinajstić information content (AvgIpc) is 0.761. The lowest BCUT2D eigenvalue weighted by Gasteiger charge is -2.49. The van der Waals surface area contributed by atoms with Crippen LogP contribution in [0.15, 0.2) is 12.2 Å². The second-order valence-electron chi connectivity index (χ2n) is 29.4. The Labute approximate surface area is 612 Å². The fourth-order valence-corrected chi connectivity index (χ4v) is 14.5. The van der Waals surface area contributed by atoms with Crippen LogP contribution in [0.4, 0.5) is 0 Å². The molecule has 102 heavy (non-hydrogen) atoms. The summed E-state index contributed by atoms with van der Waals surface area (Å²) < 4.78 is 65.2. The summed E-state index contributed by atoms with van der Waals surface area (Å²) >= 11 is 0. The van der Waals surface area contributed by atoms with Gasteiger partial charge in [0.05, 0.1) is 13.2 Å². The van der Waals surface area contributed by atoms with Gasteiger partial charge in [-0.2, -0.15) is 0 Å². The van der Waals surface area contributed by atoms with Gasteiger partial charge in [-0.15, -0.1) is 0 Å². The predicted octanol–water partition coefficient (Wildman–Crippen LogP) is 12.2. The zero-order valence-electron chi connectivity index (χ0n) is 63.1. The Kier molecular flexibility index (Phi) is 53.2. The van der Waals surface area contributed by atoms with Crippen LogP contribution in [0.3, 0.4) is 0 Å². The molecule has 19 atom stereocenters. The summed E-state index contributed by atoms with van der Waals surface area (Å²) in [6.07, 6.45) is 16.8. The quantitative estimate of drug-likeness (QED) is 0.00886. The second-order valence-corrected chi connectivity index (χ2v) is 30.8. The molecule has 0 aromatic rings. The van der Waals surface area contributed by atoms with Crippen molar-refractivity contribution in [3.05, 3.63) is 12.2 Å². The van der Waals surface area contributed by atoms with Gasteiger partial charge < -0.3 is 89.1 Å². The van der Waals surface area contributed by atoms with Gasteiger partial charge in [0, 0.05) is 19.3 Å². The van der Waals surface area contributed by atoms with Crippen molar-refractivity contribution in [3.8, 4) is 0 Å². The fraction of sp³-hybridized carbons (Fsp3) is 0.935. The van der Waals surface area contributed by atoms with Gasteiger partial charge in [0.15, 0.2) is 18.7 Å². The molecule has 2 heterocycles. The zero-order valence-corrected chi connectivity index (χ0v) is 64.0. The molecule has 3 fully saturated rings. The minimum atomic E-state index is -5.70. The van der Waals surface area contributed by atoms with Crippen LogP contribution < -0.4 is 0 Å². The van der Waals surface area contributed by atoms with E-state index in [4.69, 9.17) is 42.2 Å². The Morgan fingerprint density at radius 2 is 0.745 bits per heavy atom. The van der Waals surface area contributed by atoms with E-state index in [1.54, 1.807) is 0 Å². The zero-order chi connectivity index (χ0) is 74.8. The van der Waals surface area contributed by atoms with Crippen molar-refractivity contribution in [2.45, 2.75) is 427 Å². The van der Waals surface area contributed by atoms with Crippen molar-refractivity contribution in [2.24, 2.45) is 5.92 Å². The standard InChI is InChI=1S/C77H143O24P/c1-5-8-11-14-17-19-21-23-25-27-29-31-33-35-42-47-52-63(81)96-58(54-93-61(79)50-45-41-37-36-39-44-49-57(4)48-43-38-16-13-10-7-3)55-95-102(91,92)101-75-73(99-76-71(89)66(84)64(82)59(53-78)97-76)69(87)68(86)70(88)74(75)100-77-72(90)67(85)65(83)60(98-77)56-94-62(80)51-46-40-34-32-30-28-26-24-22-20-18-15-12-9-6-2/h20,22,57-60,64-78,82-90H,5-19,21,23-56H2,1-4H3,(H,91,92)/b22-20-. The SMILES string of the molecule is CCCCCC/C=C\CCCCCCCCCC(=O)OCC1OC(OC2C(O)C(O)C(O)C(OC3OC(CO)C(O)C(O)C3O)C2OP(=O)(O)OCC(COC(=O)CCCCCCCCC(C)CCCCCCCC)OC(=O)CCCCCCCCCCCCCCCCCC)C(O)C(O)C1O. The minimum absolute atomic E-state index is 0.0245. The number of aliphatic hydroxyl groups excluding tert-OH is 10. The molecular weight excluding hydrogens is 1340 g/mol. The molecule has 1 saturated carbocycles. The van der Waals surface area contributed by atoms with Crippen LogP contribution in [-0.2, 0) is 61.2 Å². The summed E-state index contributed by atoms with van der Waals surface area (Å²) in [7, 11) is -5.70. The normalized spacial score (nSPS) is 27.4. The lowest BCUT2D eigenvalue weighted by atomic mass is 9.84. The van der Waals surface area contributed by atoms with Gasteiger partial charge in [-0.25, -0.2) is 4.57 Å². The van der Waals surface area contributed by atoms with Crippen molar-refractivity contribution in [3.63, 3.8) is 0 Å². The van der Waals surface area contributed by atoms with E-state index in [0.29, 0.717) is 25.2 Å². The van der Waals surface area contributed by atoms with Gasteiger partial charge in [-0.05, 0) is 50.9 Å². The van der Waals surface area contributed by atoms with Gasteiger partial charge in [0.25, 0.3) is 0 Å². The molecule has 24 nitrogen and oxygen atoms in total. The van der Waals surface area contributed by atoms with E-state index in [1.165, 1.54) is 141 Å². The molecule has 0 radical (unpaired) electrons. The number of esters is 3. The maximum atomic E-state index is 14.4. The van der Waals surface area contributed by atoms with Crippen molar-refractivity contribution >= 4 is 25.7 Å². The van der Waals surface area contributed by atoms with Gasteiger partial charge in [0.2, 0.25) is 0 Å². The van der Waals surface area contributed by atoms with Crippen LogP contribution in [0.2, 0.25) is 0 Å². The molecule has 25 heteroatoms. The number of hydrogen-bond acceptors (Lipinski definition) is 23. The van der Waals surface area contributed by atoms with E-state index in [1.807, 2.05) is 0 Å². The van der Waals surface area contributed by atoms with Crippen LogP contribution in [0.5, 0.6) is 0 Å². The van der Waals surface area contributed by atoms with E-state index < -0.39 is 156 Å². The Morgan fingerprint density at radius 1 is 0.402 bits per heavy atom. The third-order valence-corrected chi connectivity index (χ3v) is 21.2. The molecule has 0 aromatic heterocycles. The minimum Gasteiger partial charge on any atom is -0.463 e. The molecule has 19 unspecified atom stereocenters. The number of unbranched alkanes of at least 4 members (excludes halogenated alkanes) is 36. The first-order valence-corrected chi connectivity index (χ1v) is 41.9. The lowest BCUT2D eigenvalue weighted by Crippen LogP contribution is -2.69. The fourth-order valence-electron chi connectivity index (χ4n) is 13.5. The molecule has 0 aromatic carbocycles. The van der Waals surface area contributed by atoms with Crippen molar-refractivity contribution in [1.82, 2.24) is 0 Å². The van der Waals surface area contributed by atoms with E-state index >= 15 is 0 Å². The van der Waals surface area contributed by atoms with Gasteiger partial charge in [-0.1, -0.05) is 271 Å². The number of ether oxygens (including phenoxy) is 7. The van der Waals surface area contributed by atoms with E-state index in [2.05, 4.69) is 39.8 Å². The van der Waals surface area contributed by atoms with E-state index in [0.717, 1.165) is 116 Å². The highest BCUT2D eigenvalue weighted by atomic mass is 31.2. The van der Waals surface area contributed by atoms with Gasteiger partial charge >= 0.3 is 25.7 Å². The Balaban J connectivity index is 1.72. The maximum Gasteiger partial charge on any atom is 0.472 e. The van der Waals surface area contributed by atoms with E-state index in [-0.39, 0.29) is 19.3 Å². The maximum absolute atomic E-state index is 14.4. The highest BCUT2D eigenvalue weighted by molar-refractivity contribution is 7.47. The van der Waals surface area contributed by atoms with Crippen molar-refractivity contribution in [1.29, 1.82) is 0 Å². The third kappa shape index (κ3) is 40.2. The number of phosphoric ester groups is 1.